The van der Waals surface area contributed by atoms with Crippen LogP contribution in [-0.4, -0.2) is 29.2 Å². The summed E-state index contributed by atoms with van der Waals surface area (Å²) < 4.78 is 6.08. The van der Waals surface area contributed by atoms with Crippen molar-refractivity contribution in [3.63, 3.8) is 0 Å². The number of nitrogens with one attached hydrogen (secondary N) is 1. The molecule has 2 atom stereocenters. The minimum absolute atomic E-state index is 0.164. The molecule has 0 aliphatic carbocycles. The molecule has 1 N–H and O–H groups in total. The minimum atomic E-state index is 0.164. The smallest absolute Gasteiger partial charge is 0.137 e. The van der Waals surface area contributed by atoms with Gasteiger partial charge in [-0.1, -0.05) is 32.4 Å². The van der Waals surface area contributed by atoms with Gasteiger partial charge < -0.3 is 10.1 Å². The molecule has 1 aromatic carbocycles. The summed E-state index contributed by atoms with van der Waals surface area (Å²) in [5, 5.41) is 4.65. The third-order valence-electron chi connectivity index (χ3n) is 4.62. The first-order valence-corrected chi connectivity index (χ1v) is 8.52. The van der Waals surface area contributed by atoms with Crippen molar-refractivity contribution in [2.75, 3.05) is 18.5 Å². The van der Waals surface area contributed by atoms with Crippen LogP contribution in [0.25, 0.3) is 10.9 Å². The quantitative estimate of drug-likeness (QED) is 0.923. The summed E-state index contributed by atoms with van der Waals surface area (Å²) in [4.78, 5) is 8.81. The van der Waals surface area contributed by atoms with E-state index in [2.05, 4.69) is 61.2 Å². The minimum Gasteiger partial charge on any atom is -0.377 e. The lowest BCUT2D eigenvalue weighted by Gasteiger charge is -2.40. The molecule has 3 rings (SSSR count). The number of benzene rings is 1. The van der Waals surface area contributed by atoms with E-state index in [0.29, 0.717) is 12.0 Å². The zero-order valence-corrected chi connectivity index (χ0v) is 14.6. The third-order valence-corrected chi connectivity index (χ3v) is 4.62. The summed E-state index contributed by atoms with van der Waals surface area (Å²) in [6, 6.07) is 6.29. The highest BCUT2D eigenvalue weighted by molar-refractivity contribution is 5.89. The number of fused-ring (bicyclic) bond motifs is 1. The van der Waals surface area contributed by atoms with Gasteiger partial charge in [-0.05, 0) is 37.3 Å². The fraction of sp³-hybridized carbons (Fsp3) is 0.579. The lowest BCUT2D eigenvalue weighted by molar-refractivity contribution is -0.0814. The molecule has 0 radical (unpaired) electrons. The van der Waals surface area contributed by atoms with E-state index in [-0.39, 0.29) is 5.41 Å². The highest BCUT2D eigenvalue weighted by atomic mass is 16.5. The molecule has 1 fully saturated rings. The largest absolute Gasteiger partial charge is 0.377 e. The Morgan fingerprint density at radius 2 is 2.09 bits per heavy atom. The molecule has 1 aliphatic rings. The molecule has 124 valence electrons. The SMILES string of the molecule is Cc1ccc2ncnc(NCC3CCCOC3C(C)(C)C)c2c1. The summed E-state index contributed by atoms with van der Waals surface area (Å²) in [5.74, 6) is 1.44. The summed E-state index contributed by atoms with van der Waals surface area (Å²) >= 11 is 0. The zero-order valence-electron chi connectivity index (χ0n) is 14.6. The number of ether oxygens (including phenoxy) is 1. The average Bonchev–Trinajstić information content (AvgIpc) is 2.52. The summed E-state index contributed by atoms with van der Waals surface area (Å²) in [6.07, 6.45) is 4.27. The number of hydrogen-bond acceptors (Lipinski definition) is 4. The van der Waals surface area contributed by atoms with E-state index >= 15 is 0 Å². The molecule has 2 heterocycles. The van der Waals surface area contributed by atoms with Crippen molar-refractivity contribution in [1.82, 2.24) is 9.97 Å². The molecule has 4 heteroatoms. The molecular weight excluding hydrogens is 286 g/mol. The summed E-state index contributed by atoms with van der Waals surface area (Å²) in [6.45, 7) is 10.7. The molecule has 1 aliphatic heterocycles. The van der Waals surface area contributed by atoms with Crippen molar-refractivity contribution in [3.05, 3.63) is 30.1 Å². The number of hydrogen-bond donors (Lipinski definition) is 1. The summed E-state index contributed by atoms with van der Waals surface area (Å²) in [7, 11) is 0. The van der Waals surface area contributed by atoms with Crippen molar-refractivity contribution < 1.29 is 4.74 Å². The van der Waals surface area contributed by atoms with Gasteiger partial charge in [0, 0.05) is 24.5 Å². The van der Waals surface area contributed by atoms with Crippen molar-refractivity contribution in [2.24, 2.45) is 11.3 Å². The topological polar surface area (TPSA) is 47.0 Å². The maximum atomic E-state index is 6.08. The number of rotatable bonds is 3. The van der Waals surface area contributed by atoms with Gasteiger partial charge in [0.05, 0.1) is 11.6 Å². The molecule has 0 amide bonds. The maximum Gasteiger partial charge on any atom is 0.137 e. The Labute approximate surface area is 138 Å². The van der Waals surface area contributed by atoms with Crippen LogP contribution in [0.4, 0.5) is 5.82 Å². The fourth-order valence-corrected chi connectivity index (χ4v) is 3.55. The van der Waals surface area contributed by atoms with Gasteiger partial charge >= 0.3 is 0 Å². The Balaban J connectivity index is 1.78. The van der Waals surface area contributed by atoms with Crippen LogP contribution in [-0.2, 0) is 4.74 Å². The number of nitrogens with zero attached hydrogens (tertiary/aromatic N) is 2. The highest BCUT2D eigenvalue weighted by Gasteiger charge is 2.35. The van der Waals surface area contributed by atoms with Crippen LogP contribution in [0.3, 0.4) is 0 Å². The Morgan fingerprint density at radius 3 is 2.87 bits per heavy atom. The average molecular weight is 313 g/mol. The van der Waals surface area contributed by atoms with Crippen LogP contribution in [0, 0.1) is 18.3 Å². The van der Waals surface area contributed by atoms with Gasteiger partial charge in [0.1, 0.15) is 12.1 Å². The molecule has 1 saturated heterocycles. The van der Waals surface area contributed by atoms with Gasteiger partial charge in [-0.3, -0.25) is 0 Å². The Bertz CT molecular complexity index is 678. The standard InChI is InChI=1S/C19H27N3O/c1-13-7-8-16-15(10-13)18(22-12-21-16)20-11-14-6-5-9-23-17(14)19(2,3)4/h7-8,10,12,14,17H,5-6,9,11H2,1-4H3,(H,20,21,22). The number of aryl methyl sites for hydroxylation is 1. The maximum absolute atomic E-state index is 6.08. The second kappa shape index (κ2) is 6.44. The Hall–Kier alpha value is -1.68. The molecule has 2 unspecified atom stereocenters. The van der Waals surface area contributed by atoms with E-state index in [1.165, 1.54) is 12.0 Å². The molecule has 1 aromatic heterocycles. The Morgan fingerprint density at radius 1 is 1.26 bits per heavy atom. The van der Waals surface area contributed by atoms with Crippen molar-refractivity contribution in [2.45, 2.75) is 46.6 Å². The van der Waals surface area contributed by atoms with Crippen LogP contribution in [0.1, 0.15) is 39.2 Å². The van der Waals surface area contributed by atoms with Crippen LogP contribution in [0.5, 0.6) is 0 Å². The normalized spacial score (nSPS) is 22.3. The molecular formula is C19H27N3O. The number of anilines is 1. The van der Waals surface area contributed by atoms with Crippen LogP contribution in [0.2, 0.25) is 0 Å². The first kappa shape index (κ1) is 16.2. The van der Waals surface area contributed by atoms with Gasteiger partial charge in [0.25, 0.3) is 0 Å². The van der Waals surface area contributed by atoms with Gasteiger partial charge in [-0.2, -0.15) is 0 Å². The van der Waals surface area contributed by atoms with E-state index < -0.39 is 0 Å². The van der Waals surface area contributed by atoms with Crippen molar-refractivity contribution in [3.8, 4) is 0 Å². The zero-order chi connectivity index (χ0) is 16.4. The molecule has 0 spiro atoms. The first-order valence-electron chi connectivity index (χ1n) is 8.52. The van der Waals surface area contributed by atoms with Gasteiger partial charge in [-0.25, -0.2) is 9.97 Å². The molecule has 2 aromatic rings. The van der Waals surface area contributed by atoms with Crippen molar-refractivity contribution in [1.29, 1.82) is 0 Å². The van der Waals surface area contributed by atoms with E-state index in [1.807, 2.05) is 0 Å². The molecule has 23 heavy (non-hydrogen) atoms. The van der Waals surface area contributed by atoms with Crippen LogP contribution >= 0.6 is 0 Å². The lowest BCUT2D eigenvalue weighted by Crippen LogP contribution is -2.42. The van der Waals surface area contributed by atoms with E-state index in [4.69, 9.17) is 4.74 Å². The molecule has 4 nitrogen and oxygen atoms in total. The third kappa shape index (κ3) is 3.63. The number of aromatic nitrogens is 2. The van der Waals surface area contributed by atoms with E-state index in [9.17, 15) is 0 Å². The highest BCUT2D eigenvalue weighted by Crippen LogP contribution is 2.34. The predicted molar refractivity (Wildman–Crippen MR) is 94.7 cm³/mol. The molecule has 0 bridgehead atoms. The van der Waals surface area contributed by atoms with Crippen LogP contribution in [0.15, 0.2) is 24.5 Å². The Kier molecular flexibility index (Phi) is 4.53. The summed E-state index contributed by atoms with van der Waals surface area (Å²) in [5.41, 5.74) is 2.38. The van der Waals surface area contributed by atoms with E-state index in [1.54, 1.807) is 6.33 Å². The first-order chi connectivity index (χ1) is 10.9. The molecule has 0 saturated carbocycles. The second-order valence-electron chi connectivity index (χ2n) is 7.68. The van der Waals surface area contributed by atoms with Gasteiger partial charge in [-0.15, -0.1) is 0 Å². The van der Waals surface area contributed by atoms with Gasteiger partial charge in [0.2, 0.25) is 0 Å². The van der Waals surface area contributed by atoms with Crippen molar-refractivity contribution >= 4 is 16.7 Å². The fourth-order valence-electron chi connectivity index (χ4n) is 3.55. The monoisotopic (exact) mass is 313 g/mol. The van der Waals surface area contributed by atoms with Crippen LogP contribution < -0.4 is 5.32 Å². The van der Waals surface area contributed by atoms with Gasteiger partial charge in [0.15, 0.2) is 0 Å². The predicted octanol–water partition coefficient (Wildman–Crippen LogP) is 4.19. The van der Waals surface area contributed by atoms with E-state index in [0.717, 1.165) is 36.3 Å². The second-order valence-corrected chi connectivity index (χ2v) is 7.68. The lowest BCUT2D eigenvalue weighted by atomic mass is 9.78.